The number of nitrogens with zero attached hydrogens (tertiary/aromatic N) is 1. The van der Waals surface area contributed by atoms with E-state index in [4.69, 9.17) is 4.74 Å². The Morgan fingerprint density at radius 3 is 3.07 bits per heavy atom. The number of aliphatic imine (C=N–C) groups is 1. The van der Waals surface area contributed by atoms with Crippen molar-refractivity contribution in [2.24, 2.45) is 4.99 Å². The summed E-state index contributed by atoms with van der Waals surface area (Å²) in [7, 11) is 0. The van der Waals surface area contributed by atoms with E-state index in [-0.39, 0.29) is 0 Å². The summed E-state index contributed by atoms with van der Waals surface area (Å²) in [6.07, 6.45) is 4.66. The van der Waals surface area contributed by atoms with Gasteiger partial charge in [0.2, 0.25) is 0 Å². The molecule has 1 aromatic carbocycles. The quantitative estimate of drug-likeness (QED) is 0.662. The SMILES string of the molecule is C/C=C/N=C1CCOc2ccccc21. The molecule has 0 amide bonds. The van der Waals surface area contributed by atoms with Crippen molar-refractivity contribution in [2.45, 2.75) is 13.3 Å². The van der Waals surface area contributed by atoms with E-state index in [1.807, 2.05) is 37.4 Å². The summed E-state index contributed by atoms with van der Waals surface area (Å²) in [5, 5.41) is 0. The Kier molecular flexibility index (Phi) is 2.63. The molecule has 0 atom stereocenters. The van der Waals surface area contributed by atoms with Crippen molar-refractivity contribution >= 4 is 5.71 Å². The molecule has 0 saturated heterocycles. The second-order valence-corrected chi connectivity index (χ2v) is 3.15. The fourth-order valence-electron chi connectivity index (χ4n) is 1.52. The lowest BCUT2D eigenvalue weighted by Crippen LogP contribution is -2.15. The van der Waals surface area contributed by atoms with Crippen molar-refractivity contribution < 1.29 is 4.74 Å². The smallest absolute Gasteiger partial charge is 0.128 e. The summed E-state index contributed by atoms with van der Waals surface area (Å²) in [6, 6.07) is 8.03. The molecule has 0 radical (unpaired) electrons. The number of fused-ring (bicyclic) bond motifs is 1. The van der Waals surface area contributed by atoms with Gasteiger partial charge in [-0.1, -0.05) is 18.2 Å². The number of hydrogen-bond donors (Lipinski definition) is 0. The van der Waals surface area contributed by atoms with Gasteiger partial charge in [0.05, 0.1) is 12.3 Å². The molecule has 14 heavy (non-hydrogen) atoms. The number of para-hydroxylation sites is 1. The Bertz CT molecular complexity index is 380. The van der Waals surface area contributed by atoms with Crippen LogP contribution in [0.3, 0.4) is 0 Å². The lowest BCUT2D eigenvalue weighted by molar-refractivity contribution is 0.320. The maximum atomic E-state index is 5.53. The minimum atomic E-state index is 0.730. The molecule has 0 unspecified atom stereocenters. The van der Waals surface area contributed by atoms with Crippen LogP contribution in [0.25, 0.3) is 0 Å². The summed E-state index contributed by atoms with van der Waals surface area (Å²) in [5.41, 5.74) is 2.24. The maximum Gasteiger partial charge on any atom is 0.128 e. The Morgan fingerprint density at radius 2 is 2.21 bits per heavy atom. The van der Waals surface area contributed by atoms with Crippen molar-refractivity contribution in [3.05, 3.63) is 42.1 Å². The molecule has 0 bridgehead atoms. The lowest BCUT2D eigenvalue weighted by atomic mass is 10.0. The lowest BCUT2D eigenvalue weighted by Gasteiger charge is -2.18. The average molecular weight is 187 g/mol. The van der Waals surface area contributed by atoms with E-state index >= 15 is 0 Å². The van der Waals surface area contributed by atoms with E-state index in [9.17, 15) is 0 Å². The Balaban J connectivity index is 2.40. The summed E-state index contributed by atoms with van der Waals surface area (Å²) in [6.45, 7) is 2.70. The van der Waals surface area contributed by atoms with Gasteiger partial charge in [-0.3, -0.25) is 4.99 Å². The zero-order valence-electron chi connectivity index (χ0n) is 8.23. The molecule has 0 aromatic heterocycles. The van der Waals surface area contributed by atoms with Crippen LogP contribution in [0.5, 0.6) is 5.75 Å². The predicted molar refractivity (Wildman–Crippen MR) is 57.9 cm³/mol. The van der Waals surface area contributed by atoms with Crippen LogP contribution in [0.4, 0.5) is 0 Å². The number of allylic oxidation sites excluding steroid dienone is 1. The Hall–Kier alpha value is -1.57. The van der Waals surface area contributed by atoms with Crippen LogP contribution in [-0.2, 0) is 0 Å². The highest BCUT2D eigenvalue weighted by molar-refractivity contribution is 6.04. The van der Waals surface area contributed by atoms with Gasteiger partial charge in [0.25, 0.3) is 0 Å². The molecule has 0 N–H and O–H groups in total. The standard InChI is InChI=1S/C12H13NO/c1-2-8-13-11-7-9-14-12-6-4-3-5-10(11)12/h2-6,8H,7,9H2,1H3/b8-2+,13-11?. The van der Waals surface area contributed by atoms with E-state index in [0.29, 0.717) is 0 Å². The third-order valence-corrected chi connectivity index (χ3v) is 2.17. The third-order valence-electron chi connectivity index (χ3n) is 2.17. The van der Waals surface area contributed by atoms with Crippen molar-refractivity contribution in [1.29, 1.82) is 0 Å². The van der Waals surface area contributed by atoms with Gasteiger partial charge in [0, 0.05) is 18.2 Å². The predicted octanol–water partition coefficient (Wildman–Crippen LogP) is 2.79. The van der Waals surface area contributed by atoms with E-state index in [1.165, 1.54) is 0 Å². The van der Waals surface area contributed by atoms with Crippen LogP contribution in [-0.4, -0.2) is 12.3 Å². The monoisotopic (exact) mass is 187 g/mol. The molecule has 1 aromatic rings. The second-order valence-electron chi connectivity index (χ2n) is 3.15. The van der Waals surface area contributed by atoms with Gasteiger partial charge < -0.3 is 4.74 Å². The van der Waals surface area contributed by atoms with Crippen molar-refractivity contribution in [3.63, 3.8) is 0 Å². The first-order chi connectivity index (χ1) is 6.92. The highest BCUT2D eigenvalue weighted by atomic mass is 16.5. The molecular formula is C12H13NO. The number of rotatable bonds is 1. The zero-order valence-corrected chi connectivity index (χ0v) is 8.23. The maximum absolute atomic E-state index is 5.53. The van der Waals surface area contributed by atoms with Crippen LogP contribution < -0.4 is 4.74 Å². The van der Waals surface area contributed by atoms with Crippen molar-refractivity contribution in [2.75, 3.05) is 6.61 Å². The van der Waals surface area contributed by atoms with Gasteiger partial charge >= 0.3 is 0 Å². The van der Waals surface area contributed by atoms with E-state index in [1.54, 1.807) is 0 Å². The van der Waals surface area contributed by atoms with Crippen LogP contribution in [0.15, 0.2) is 41.5 Å². The molecule has 0 spiro atoms. The number of hydrogen-bond acceptors (Lipinski definition) is 2. The molecule has 1 aliphatic rings. The van der Waals surface area contributed by atoms with Gasteiger partial charge in [0.15, 0.2) is 0 Å². The Morgan fingerprint density at radius 1 is 1.36 bits per heavy atom. The molecule has 1 heterocycles. The largest absolute Gasteiger partial charge is 0.492 e. The number of benzene rings is 1. The number of ether oxygens (including phenoxy) is 1. The van der Waals surface area contributed by atoms with Crippen molar-refractivity contribution in [3.8, 4) is 5.75 Å². The van der Waals surface area contributed by atoms with Crippen LogP contribution in [0.2, 0.25) is 0 Å². The first-order valence-electron chi connectivity index (χ1n) is 4.82. The fraction of sp³-hybridized carbons (Fsp3) is 0.250. The molecule has 2 rings (SSSR count). The van der Waals surface area contributed by atoms with Crippen LogP contribution in [0, 0.1) is 0 Å². The van der Waals surface area contributed by atoms with Gasteiger partial charge in [-0.25, -0.2) is 0 Å². The first-order valence-corrected chi connectivity index (χ1v) is 4.82. The first kappa shape index (κ1) is 9.00. The topological polar surface area (TPSA) is 21.6 Å². The zero-order chi connectivity index (χ0) is 9.80. The summed E-state index contributed by atoms with van der Waals surface area (Å²) >= 11 is 0. The second kappa shape index (κ2) is 4.09. The van der Waals surface area contributed by atoms with E-state index < -0.39 is 0 Å². The highest BCUT2D eigenvalue weighted by Gasteiger charge is 2.14. The fourth-order valence-corrected chi connectivity index (χ4v) is 1.52. The van der Waals surface area contributed by atoms with Crippen LogP contribution in [0.1, 0.15) is 18.9 Å². The Labute approximate surface area is 83.9 Å². The van der Waals surface area contributed by atoms with E-state index in [0.717, 1.165) is 30.1 Å². The molecular weight excluding hydrogens is 174 g/mol. The molecule has 0 fully saturated rings. The molecule has 72 valence electrons. The van der Waals surface area contributed by atoms with Crippen LogP contribution >= 0.6 is 0 Å². The van der Waals surface area contributed by atoms with Gasteiger partial charge in [-0.15, -0.1) is 0 Å². The summed E-state index contributed by atoms with van der Waals surface area (Å²) in [4.78, 5) is 4.40. The van der Waals surface area contributed by atoms with E-state index in [2.05, 4.69) is 11.1 Å². The molecule has 2 nitrogen and oxygen atoms in total. The molecule has 2 heteroatoms. The summed E-state index contributed by atoms with van der Waals surface area (Å²) in [5.74, 6) is 0.946. The van der Waals surface area contributed by atoms with Crippen molar-refractivity contribution in [1.82, 2.24) is 0 Å². The van der Waals surface area contributed by atoms with Gasteiger partial charge in [0.1, 0.15) is 5.75 Å². The normalized spacial score (nSPS) is 18.2. The summed E-state index contributed by atoms with van der Waals surface area (Å²) < 4.78 is 5.53. The molecule has 0 aliphatic carbocycles. The van der Waals surface area contributed by atoms with Gasteiger partial charge in [-0.05, 0) is 19.1 Å². The third kappa shape index (κ3) is 1.69. The minimum Gasteiger partial charge on any atom is -0.492 e. The average Bonchev–Trinajstić information content (AvgIpc) is 2.26. The highest BCUT2D eigenvalue weighted by Crippen LogP contribution is 2.24. The van der Waals surface area contributed by atoms with Gasteiger partial charge in [-0.2, -0.15) is 0 Å². The molecule has 1 aliphatic heterocycles. The minimum absolute atomic E-state index is 0.730. The molecule has 0 saturated carbocycles.